The number of anilines is 2. The number of nitrogens with two attached hydrogens (primary N) is 1. The fourth-order valence-electron chi connectivity index (χ4n) is 1.76. The molecule has 0 radical (unpaired) electrons. The summed E-state index contributed by atoms with van der Waals surface area (Å²) in [6, 6.07) is 1.76. The van der Waals surface area contributed by atoms with E-state index >= 15 is 0 Å². The van der Waals surface area contributed by atoms with Crippen LogP contribution in [0.3, 0.4) is 0 Å². The van der Waals surface area contributed by atoms with Crippen molar-refractivity contribution in [2.24, 2.45) is 5.92 Å². The number of hydrogen-bond acceptors (Lipinski definition) is 4. The van der Waals surface area contributed by atoms with Gasteiger partial charge in [-0.25, -0.2) is 9.97 Å². The van der Waals surface area contributed by atoms with Crippen LogP contribution >= 0.6 is 0 Å². The van der Waals surface area contributed by atoms with Crippen LogP contribution in [-0.2, 0) is 0 Å². The van der Waals surface area contributed by atoms with Crippen molar-refractivity contribution >= 4 is 11.6 Å². The molecule has 0 bridgehead atoms. The van der Waals surface area contributed by atoms with Gasteiger partial charge in [-0.2, -0.15) is 0 Å². The maximum atomic E-state index is 5.57. The molecule has 4 nitrogen and oxygen atoms in total. The fourth-order valence-corrected chi connectivity index (χ4v) is 1.76. The van der Waals surface area contributed by atoms with Gasteiger partial charge in [0, 0.05) is 12.6 Å². The number of allylic oxidation sites excluding steroid dienone is 2. The molecule has 0 fully saturated rings. The molecule has 1 atom stereocenters. The summed E-state index contributed by atoms with van der Waals surface area (Å²) < 4.78 is 0. The summed E-state index contributed by atoms with van der Waals surface area (Å²) in [5.41, 5.74) is 5.57. The Morgan fingerprint density at radius 1 is 1.40 bits per heavy atom. The van der Waals surface area contributed by atoms with Crippen LogP contribution < -0.4 is 11.1 Å². The number of nitrogens with zero attached hydrogens (tertiary/aromatic N) is 2. The van der Waals surface area contributed by atoms with Crippen LogP contribution in [0.2, 0.25) is 0 Å². The third kappa shape index (κ3) is 2.94. The number of rotatable bonds is 3. The molecule has 1 aromatic heterocycles. The molecule has 0 amide bonds. The zero-order chi connectivity index (χ0) is 10.5. The van der Waals surface area contributed by atoms with Crippen molar-refractivity contribution < 1.29 is 0 Å². The van der Waals surface area contributed by atoms with Crippen molar-refractivity contribution in [3.63, 3.8) is 0 Å². The van der Waals surface area contributed by atoms with Gasteiger partial charge in [0.15, 0.2) is 0 Å². The molecule has 0 saturated carbocycles. The summed E-state index contributed by atoms with van der Waals surface area (Å²) >= 11 is 0. The zero-order valence-corrected chi connectivity index (χ0v) is 8.69. The summed E-state index contributed by atoms with van der Waals surface area (Å²) in [4.78, 5) is 7.95. The van der Waals surface area contributed by atoms with Gasteiger partial charge in [-0.15, -0.1) is 0 Å². The minimum Gasteiger partial charge on any atom is -0.384 e. The lowest BCUT2D eigenvalue weighted by atomic mass is 9.94. The van der Waals surface area contributed by atoms with E-state index in [0.29, 0.717) is 11.7 Å². The molecule has 15 heavy (non-hydrogen) atoms. The summed E-state index contributed by atoms with van der Waals surface area (Å²) in [6.07, 6.45) is 9.59. The summed E-state index contributed by atoms with van der Waals surface area (Å²) in [6.45, 7) is 0.959. The molecule has 0 saturated heterocycles. The maximum absolute atomic E-state index is 5.57. The Bertz CT molecular complexity index is 348. The average Bonchev–Trinajstić information content (AvgIpc) is 2.28. The molecule has 1 aliphatic carbocycles. The monoisotopic (exact) mass is 204 g/mol. The average molecular weight is 204 g/mol. The first-order chi connectivity index (χ1) is 7.34. The van der Waals surface area contributed by atoms with Crippen LogP contribution in [0.1, 0.15) is 19.3 Å². The lowest BCUT2D eigenvalue weighted by Gasteiger charge is -2.18. The van der Waals surface area contributed by atoms with Crippen molar-refractivity contribution in [1.82, 2.24) is 9.97 Å². The van der Waals surface area contributed by atoms with Crippen LogP contribution in [0.25, 0.3) is 0 Å². The first-order valence-corrected chi connectivity index (χ1v) is 5.31. The van der Waals surface area contributed by atoms with E-state index in [1.54, 1.807) is 6.07 Å². The topological polar surface area (TPSA) is 63.8 Å². The second kappa shape index (κ2) is 4.77. The largest absolute Gasteiger partial charge is 0.384 e. The molecule has 0 aliphatic heterocycles. The first kappa shape index (κ1) is 9.96. The van der Waals surface area contributed by atoms with E-state index in [2.05, 4.69) is 27.4 Å². The molecule has 80 valence electrons. The third-order valence-electron chi connectivity index (χ3n) is 2.64. The van der Waals surface area contributed by atoms with Crippen LogP contribution in [0.5, 0.6) is 0 Å². The third-order valence-corrected chi connectivity index (χ3v) is 2.64. The molecule has 0 aromatic carbocycles. The molecule has 1 aromatic rings. The van der Waals surface area contributed by atoms with Crippen molar-refractivity contribution in [3.8, 4) is 0 Å². The van der Waals surface area contributed by atoms with E-state index in [1.165, 1.54) is 19.2 Å². The Hall–Kier alpha value is -1.58. The Morgan fingerprint density at radius 2 is 2.33 bits per heavy atom. The van der Waals surface area contributed by atoms with Crippen LogP contribution in [0, 0.1) is 5.92 Å². The first-order valence-electron chi connectivity index (χ1n) is 5.31. The zero-order valence-electron chi connectivity index (χ0n) is 8.69. The van der Waals surface area contributed by atoms with Gasteiger partial charge in [0.1, 0.15) is 18.0 Å². The molecule has 1 heterocycles. The quantitative estimate of drug-likeness (QED) is 0.737. The smallest absolute Gasteiger partial charge is 0.131 e. The fraction of sp³-hybridized carbons (Fsp3) is 0.455. The van der Waals surface area contributed by atoms with Crippen LogP contribution in [0.4, 0.5) is 11.6 Å². The lowest BCUT2D eigenvalue weighted by molar-refractivity contribution is 0.503. The molecule has 1 unspecified atom stereocenters. The second-order valence-electron chi connectivity index (χ2n) is 3.86. The molecular formula is C11H16N4. The summed E-state index contributed by atoms with van der Waals surface area (Å²) in [5, 5.41) is 3.29. The van der Waals surface area contributed by atoms with Crippen LogP contribution in [-0.4, -0.2) is 16.5 Å². The van der Waals surface area contributed by atoms with Crippen molar-refractivity contribution in [2.45, 2.75) is 19.3 Å². The lowest BCUT2D eigenvalue weighted by Crippen LogP contribution is -2.16. The van der Waals surface area contributed by atoms with Crippen molar-refractivity contribution in [2.75, 3.05) is 17.6 Å². The second-order valence-corrected chi connectivity index (χ2v) is 3.86. The number of aromatic nitrogens is 2. The van der Waals surface area contributed by atoms with Gasteiger partial charge in [0.2, 0.25) is 0 Å². The highest BCUT2D eigenvalue weighted by atomic mass is 15.0. The summed E-state index contributed by atoms with van der Waals surface area (Å²) in [7, 11) is 0. The Kier molecular flexibility index (Phi) is 3.17. The molecule has 2 rings (SSSR count). The number of nitrogens with one attached hydrogen (secondary N) is 1. The minimum atomic E-state index is 0.510. The van der Waals surface area contributed by atoms with Gasteiger partial charge in [0.25, 0.3) is 0 Å². The molecule has 3 N–H and O–H groups in total. The number of hydrogen-bond donors (Lipinski definition) is 2. The van der Waals surface area contributed by atoms with E-state index in [4.69, 9.17) is 5.73 Å². The van der Waals surface area contributed by atoms with Gasteiger partial charge < -0.3 is 11.1 Å². The van der Waals surface area contributed by atoms with Gasteiger partial charge >= 0.3 is 0 Å². The molecule has 1 aliphatic rings. The maximum Gasteiger partial charge on any atom is 0.131 e. The van der Waals surface area contributed by atoms with E-state index in [0.717, 1.165) is 18.8 Å². The Morgan fingerprint density at radius 3 is 3.07 bits per heavy atom. The summed E-state index contributed by atoms with van der Waals surface area (Å²) in [5.74, 6) is 2.04. The predicted molar refractivity (Wildman–Crippen MR) is 61.4 cm³/mol. The molecular weight excluding hydrogens is 188 g/mol. The van der Waals surface area contributed by atoms with E-state index < -0.39 is 0 Å². The standard InChI is InChI=1S/C11H16N4/c12-10-6-11(15-8-14-10)13-7-9-4-2-1-3-5-9/h1-2,6,8-9H,3-5,7H2,(H3,12,13,14,15). The highest BCUT2D eigenvalue weighted by Gasteiger charge is 2.09. The van der Waals surface area contributed by atoms with E-state index in [9.17, 15) is 0 Å². The van der Waals surface area contributed by atoms with Crippen molar-refractivity contribution in [1.29, 1.82) is 0 Å². The van der Waals surface area contributed by atoms with Gasteiger partial charge in [0.05, 0.1) is 0 Å². The predicted octanol–water partition coefficient (Wildman–Crippen LogP) is 1.83. The normalized spacial score (nSPS) is 20.1. The van der Waals surface area contributed by atoms with Crippen LogP contribution in [0.15, 0.2) is 24.5 Å². The molecule has 4 heteroatoms. The molecule has 0 spiro atoms. The number of nitrogen functional groups attached to an aromatic ring is 1. The van der Waals surface area contributed by atoms with Gasteiger partial charge in [-0.3, -0.25) is 0 Å². The Balaban J connectivity index is 1.84. The van der Waals surface area contributed by atoms with E-state index in [-0.39, 0.29) is 0 Å². The van der Waals surface area contributed by atoms with Gasteiger partial charge in [-0.05, 0) is 25.2 Å². The van der Waals surface area contributed by atoms with Gasteiger partial charge in [-0.1, -0.05) is 12.2 Å². The Labute approximate surface area is 89.6 Å². The van der Waals surface area contributed by atoms with E-state index in [1.807, 2.05) is 0 Å². The highest BCUT2D eigenvalue weighted by Crippen LogP contribution is 2.18. The van der Waals surface area contributed by atoms with Crippen molar-refractivity contribution in [3.05, 3.63) is 24.5 Å². The minimum absolute atomic E-state index is 0.510. The highest BCUT2D eigenvalue weighted by molar-refractivity contribution is 5.43. The SMILES string of the molecule is Nc1cc(NCC2CC=CCC2)ncn1.